The zero-order valence-corrected chi connectivity index (χ0v) is 5.71. The largest absolute Gasteiger partial charge is 3.00 e. The SMILES string of the molecule is O=N[O-].O=N[O-].O=N[O-].[Lu+3]. The molecule has 0 rings (SSSR count). The second kappa shape index (κ2) is 78.7. The van der Waals surface area contributed by atoms with Crippen molar-refractivity contribution in [3.63, 3.8) is 0 Å². The first-order chi connectivity index (χ1) is 4.24. The molecule has 0 radical (unpaired) electrons. The summed E-state index contributed by atoms with van der Waals surface area (Å²) in [6.07, 6.45) is 0. The van der Waals surface area contributed by atoms with Gasteiger partial charge in [0.1, 0.15) is 0 Å². The van der Waals surface area contributed by atoms with Gasteiger partial charge in [0.05, 0.1) is 0 Å². The predicted octanol–water partition coefficient (Wildman–Crippen LogP) is 0.752. The maximum Gasteiger partial charge on any atom is 3.00 e. The van der Waals surface area contributed by atoms with E-state index in [0.29, 0.717) is 0 Å². The Kier molecular flexibility index (Phi) is 179. The molecule has 0 aromatic carbocycles. The van der Waals surface area contributed by atoms with Crippen LogP contribution in [0.25, 0.3) is 0 Å². The van der Waals surface area contributed by atoms with E-state index in [4.69, 9.17) is 30.3 Å². The summed E-state index contributed by atoms with van der Waals surface area (Å²) in [6.45, 7) is 0. The third kappa shape index (κ3) is 960. The first kappa shape index (κ1) is 22.7. The van der Waals surface area contributed by atoms with E-state index in [0.717, 1.165) is 16.0 Å². The van der Waals surface area contributed by atoms with Gasteiger partial charge in [-0.1, -0.05) is 0 Å². The van der Waals surface area contributed by atoms with Crippen molar-refractivity contribution in [2.24, 2.45) is 16.0 Å². The van der Waals surface area contributed by atoms with Crippen molar-refractivity contribution in [2.45, 2.75) is 0 Å². The molecule has 66 valence electrons. The van der Waals surface area contributed by atoms with Gasteiger partial charge in [0.2, 0.25) is 0 Å². The van der Waals surface area contributed by atoms with Gasteiger partial charge in [-0.15, -0.1) is 16.0 Å². The molecule has 0 saturated heterocycles. The van der Waals surface area contributed by atoms with Gasteiger partial charge in [0, 0.05) is 0 Å². The van der Waals surface area contributed by atoms with Gasteiger partial charge in [-0.3, -0.25) is 0 Å². The summed E-state index contributed by atoms with van der Waals surface area (Å²) in [5.41, 5.74) is 0. The molecule has 0 aliphatic rings. The summed E-state index contributed by atoms with van der Waals surface area (Å²) in [5, 5.41) is 27.0. The third-order valence-electron chi connectivity index (χ3n) is 0. The molecule has 0 unspecified atom stereocenters. The number of hydrogen-bond donors (Lipinski definition) is 0. The zero-order valence-electron chi connectivity index (χ0n) is 4.05. The average Bonchev–Trinajstić information content (AvgIpc) is 1.70. The van der Waals surface area contributed by atoms with Crippen LogP contribution in [0.3, 0.4) is 0 Å². The minimum Gasteiger partial charge on any atom is -0.444 e. The first-order valence-electron chi connectivity index (χ1n) is 1.10. The summed E-state index contributed by atoms with van der Waals surface area (Å²) >= 11 is 0. The fraction of sp³-hybridized carbons (Fsp3) is 0. The van der Waals surface area contributed by atoms with Crippen LogP contribution in [0.1, 0.15) is 0 Å². The van der Waals surface area contributed by atoms with Crippen LogP contribution >= 0.6 is 0 Å². The van der Waals surface area contributed by atoms with Crippen LogP contribution in [0, 0.1) is 67.2 Å². The average molecular weight is 313 g/mol. The molecule has 0 fully saturated rings. The molecule has 0 spiro atoms. The smallest absolute Gasteiger partial charge is 0.444 e. The van der Waals surface area contributed by atoms with Crippen molar-refractivity contribution in [2.75, 3.05) is 0 Å². The summed E-state index contributed by atoms with van der Waals surface area (Å²) in [6, 6.07) is 0. The van der Waals surface area contributed by atoms with Crippen LogP contribution < -0.4 is 0 Å². The Hall–Kier alpha value is -0.566. The second-order valence-corrected chi connectivity index (χ2v) is 0.224. The van der Waals surface area contributed by atoms with Crippen LogP contribution in [0.15, 0.2) is 16.0 Å². The second-order valence-electron chi connectivity index (χ2n) is 0.224. The van der Waals surface area contributed by atoms with Crippen LogP contribution in [-0.2, 0) is 0 Å². The van der Waals surface area contributed by atoms with Crippen LogP contribution in [0.5, 0.6) is 0 Å². The molecule has 0 aliphatic heterocycles. The van der Waals surface area contributed by atoms with Gasteiger partial charge in [-0.25, -0.2) is 0 Å². The maximum absolute atomic E-state index is 8.00. The molecule has 9 nitrogen and oxygen atoms in total. The Morgan fingerprint density at radius 2 is 0.700 bits per heavy atom. The van der Waals surface area contributed by atoms with Gasteiger partial charge in [0.25, 0.3) is 0 Å². The fourth-order valence-corrected chi connectivity index (χ4v) is 0. The van der Waals surface area contributed by atoms with E-state index >= 15 is 0 Å². The maximum atomic E-state index is 8.00. The van der Waals surface area contributed by atoms with Crippen molar-refractivity contribution in [3.8, 4) is 0 Å². The summed E-state index contributed by atoms with van der Waals surface area (Å²) in [7, 11) is 0. The number of hydrogen-bond acceptors (Lipinski definition) is 9. The van der Waals surface area contributed by atoms with Gasteiger partial charge in [0.15, 0.2) is 0 Å². The van der Waals surface area contributed by atoms with Crippen molar-refractivity contribution in [3.05, 3.63) is 30.3 Å². The molecule has 10 heavy (non-hydrogen) atoms. The van der Waals surface area contributed by atoms with Crippen LogP contribution in [-0.4, -0.2) is 0 Å². The Labute approximate surface area is 83.0 Å². The minimum atomic E-state index is 0. The van der Waals surface area contributed by atoms with Crippen molar-refractivity contribution < 1.29 is 36.9 Å². The van der Waals surface area contributed by atoms with E-state index in [-0.39, 0.29) is 36.9 Å². The standard InChI is InChI=1S/Lu.3HNO2/c;3*2-1-3/h;3*(H,2,3)/q+3;;;/p-3. The van der Waals surface area contributed by atoms with Crippen LogP contribution in [0.4, 0.5) is 0 Å². The molecule has 0 N–H and O–H groups in total. The van der Waals surface area contributed by atoms with E-state index in [1.54, 1.807) is 0 Å². The molecule has 0 aromatic rings. The van der Waals surface area contributed by atoms with Crippen molar-refractivity contribution >= 4 is 0 Å². The number of nitrogens with zero attached hydrogens (tertiary/aromatic N) is 3. The molecule has 0 aliphatic carbocycles. The van der Waals surface area contributed by atoms with Crippen LogP contribution in [0.2, 0.25) is 0 Å². The van der Waals surface area contributed by atoms with Gasteiger partial charge < -0.3 is 30.3 Å². The summed E-state index contributed by atoms with van der Waals surface area (Å²) < 4.78 is 0. The monoisotopic (exact) mass is 313 g/mol. The van der Waals surface area contributed by atoms with E-state index in [1.807, 2.05) is 0 Å². The third-order valence-corrected chi connectivity index (χ3v) is 0. The van der Waals surface area contributed by atoms with Gasteiger partial charge in [-0.05, 0) is 0 Å². The zero-order chi connectivity index (χ0) is 8.12. The van der Waals surface area contributed by atoms with Crippen molar-refractivity contribution in [1.29, 1.82) is 0 Å². The molecule has 0 saturated carbocycles. The molecular weight excluding hydrogens is 313 g/mol. The molecule has 0 heterocycles. The number of rotatable bonds is 0. The van der Waals surface area contributed by atoms with Crippen molar-refractivity contribution in [1.82, 2.24) is 0 Å². The Morgan fingerprint density at radius 1 is 0.700 bits per heavy atom. The topological polar surface area (TPSA) is 157 Å². The Bertz CT molecular complexity index is 49.7. The predicted molar refractivity (Wildman–Crippen MR) is 27.5 cm³/mol. The molecule has 0 amide bonds. The summed E-state index contributed by atoms with van der Waals surface area (Å²) in [5.74, 6) is 0. The normalized spacial score (nSPS) is 3.60. The fourth-order valence-electron chi connectivity index (χ4n) is 0. The Balaban J connectivity index is -0.0000000257. The molecule has 0 atom stereocenters. The van der Waals surface area contributed by atoms with E-state index in [9.17, 15) is 0 Å². The van der Waals surface area contributed by atoms with E-state index in [2.05, 4.69) is 0 Å². The molecule has 10 heteroatoms. The molecular formula is LuN3O6. The molecule has 0 bridgehead atoms. The minimum absolute atomic E-state index is 0. The first-order valence-corrected chi connectivity index (χ1v) is 1.10. The van der Waals surface area contributed by atoms with E-state index < -0.39 is 0 Å². The van der Waals surface area contributed by atoms with Gasteiger partial charge >= 0.3 is 36.9 Å². The quantitative estimate of drug-likeness (QED) is 0.474. The van der Waals surface area contributed by atoms with E-state index in [1.165, 1.54) is 0 Å². The summed E-state index contributed by atoms with van der Waals surface area (Å²) in [4.78, 5) is 24.0. The van der Waals surface area contributed by atoms with Gasteiger partial charge in [-0.2, -0.15) is 0 Å². The Morgan fingerprint density at radius 3 is 0.700 bits per heavy atom. The molecule has 0 aromatic heterocycles.